The van der Waals surface area contributed by atoms with Gasteiger partial charge in [-0.1, -0.05) is 30.3 Å². The van der Waals surface area contributed by atoms with Crippen LogP contribution >= 0.6 is 22.7 Å². The Labute approximate surface area is 136 Å². The number of carbonyl (C=O) groups is 1. The molecule has 0 atom stereocenters. The number of nitrogens with one attached hydrogen (secondary N) is 1. The number of amides is 1. The number of thiophene rings is 1. The Kier molecular flexibility index (Phi) is 4.72. The second kappa shape index (κ2) is 7.11. The maximum atomic E-state index is 11.8. The molecule has 1 aromatic carbocycles. The Bertz CT molecular complexity index is 764. The highest BCUT2D eigenvalue weighted by molar-refractivity contribution is 7.10. The predicted molar refractivity (Wildman–Crippen MR) is 91.3 cm³/mol. The number of hydrogen-bond acceptors (Lipinski definition) is 5. The van der Waals surface area contributed by atoms with Crippen molar-refractivity contribution in [2.75, 3.05) is 0 Å². The highest BCUT2D eigenvalue weighted by Gasteiger charge is 2.08. The van der Waals surface area contributed by atoms with Crippen molar-refractivity contribution in [2.24, 2.45) is 5.10 Å². The van der Waals surface area contributed by atoms with E-state index in [1.54, 1.807) is 17.6 Å². The summed E-state index contributed by atoms with van der Waals surface area (Å²) < 4.78 is 0. The summed E-state index contributed by atoms with van der Waals surface area (Å²) in [5, 5.41) is 10.6. The maximum absolute atomic E-state index is 11.8. The SMILES string of the molecule is O=C(Cc1nc(-c2ccccc2)cs1)N/N=C\c1ccsc1. The van der Waals surface area contributed by atoms with Crippen LogP contribution in [0.4, 0.5) is 0 Å². The Hall–Kier alpha value is -2.31. The number of aromatic nitrogens is 1. The van der Waals surface area contributed by atoms with Gasteiger partial charge in [-0.05, 0) is 16.8 Å². The van der Waals surface area contributed by atoms with Gasteiger partial charge in [0.1, 0.15) is 5.01 Å². The van der Waals surface area contributed by atoms with Gasteiger partial charge >= 0.3 is 0 Å². The van der Waals surface area contributed by atoms with E-state index in [9.17, 15) is 4.79 Å². The zero-order valence-electron chi connectivity index (χ0n) is 11.6. The molecule has 2 aromatic heterocycles. The van der Waals surface area contributed by atoms with Crippen LogP contribution in [0.5, 0.6) is 0 Å². The van der Waals surface area contributed by atoms with E-state index in [2.05, 4.69) is 15.5 Å². The normalized spacial score (nSPS) is 10.9. The van der Waals surface area contributed by atoms with E-state index < -0.39 is 0 Å². The van der Waals surface area contributed by atoms with E-state index in [0.29, 0.717) is 0 Å². The summed E-state index contributed by atoms with van der Waals surface area (Å²) in [5.74, 6) is -0.166. The van der Waals surface area contributed by atoms with E-state index >= 15 is 0 Å². The van der Waals surface area contributed by atoms with Crippen LogP contribution in [-0.2, 0) is 11.2 Å². The van der Waals surface area contributed by atoms with Crippen LogP contribution in [0.15, 0.2) is 57.6 Å². The number of nitrogens with zero attached hydrogens (tertiary/aromatic N) is 2. The first-order valence-corrected chi connectivity index (χ1v) is 8.47. The topological polar surface area (TPSA) is 54.4 Å². The molecule has 0 fully saturated rings. The van der Waals surface area contributed by atoms with Crippen LogP contribution in [0.3, 0.4) is 0 Å². The molecule has 110 valence electrons. The second-order valence-electron chi connectivity index (χ2n) is 4.52. The first-order chi connectivity index (χ1) is 10.8. The molecule has 0 bridgehead atoms. The molecule has 3 rings (SSSR count). The number of rotatable bonds is 5. The molecule has 0 spiro atoms. The fourth-order valence-corrected chi connectivity index (χ4v) is 3.25. The lowest BCUT2D eigenvalue weighted by Crippen LogP contribution is -2.19. The van der Waals surface area contributed by atoms with Crippen molar-refractivity contribution in [1.82, 2.24) is 10.4 Å². The van der Waals surface area contributed by atoms with Gasteiger partial charge in [-0.2, -0.15) is 16.4 Å². The molecule has 0 aliphatic carbocycles. The molecule has 4 nitrogen and oxygen atoms in total. The van der Waals surface area contributed by atoms with Gasteiger partial charge in [-0.3, -0.25) is 4.79 Å². The van der Waals surface area contributed by atoms with Crippen LogP contribution in [0.1, 0.15) is 10.6 Å². The van der Waals surface area contributed by atoms with Crippen LogP contribution in [0.2, 0.25) is 0 Å². The van der Waals surface area contributed by atoms with E-state index in [1.165, 1.54) is 11.3 Å². The molecule has 0 unspecified atom stereocenters. The van der Waals surface area contributed by atoms with E-state index in [4.69, 9.17) is 0 Å². The Balaban J connectivity index is 1.57. The fourth-order valence-electron chi connectivity index (χ4n) is 1.84. The average molecular weight is 327 g/mol. The molecular formula is C16H13N3OS2. The molecule has 0 saturated heterocycles. The standard InChI is InChI=1S/C16H13N3OS2/c20-15(19-17-9-12-6-7-21-10-12)8-16-18-14(11-22-16)13-4-2-1-3-5-13/h1-7,9-11H,8H2,(H,19,20)/b17-9-. The van der Waals surface area contributed by atoms with Crippen LogP contribution < -0.4 is 5.43 Å². The Morgan fingerprint density at radius 2 is 2.09 bits per heavy atom. The molecule has 22 heavy (non-hydrogen) atoms. The first-order valence-electron chi connectivity index (χ1n) is 6.65. The van der Waals surface area contributed by atoms with Gasteiger partial charge in [-0.15, -0.1) is 11.3 Å². The lowest BCUT2D eigenvalue weighted by molar-refractivity contribution is -0.120. The summed E-state index contributed by atoms with van der Waals surface area (Å²) >= 11 is 3.07. The van der Waals surface area contributed by atoms with E-state index in [1.807, 2.05) is 52.5 Å². The second-order valence-corrected chi connectivity index (χ2v) is 6.24. The Morgan fingerprint density at radius 3 is 2.86 bits per heavy atom. The van der Waals surface area contributed by atoms with Crippen molar-refractivity contribution in [2.45, 2.75) is 6.42 Å². The summed E-state index contributed by atoms with van der Waals surface area (Å²) in [6, 6.07) is 11.9. The highest BCUT2D eigenvalue weighted by Crippen LogP contribution is 2.21. The molecule has 6 heteroatoms. The van der Waals surface area contributed by atoms with Crippen LogP contribution in [-0.4, -0.2) is 17.1 Å². The lowest BCUT2D eigenvalue weighted by Gasteiger charge is -1.97. The van der Waals surface area contributed by atoms with Crippen molar-refractivity contribution < 1.29 is 4.79 Å². The van der Waals surface area contributed by atoms with E-state index in [0.717, 1.165) is 21.8 Å². The largest absolute Gasteiger partial charge is 0.273 e. The molecule has 2 heterocycles. The summed E-state index contributed by atoms with van der Waals surface area (Å²) in [5.41, 5.74) is 5.45. The molecule has 1 amide bonds. The summed E-state index contributed by atoms with van der Waals surface area (Å²) in [6.45, 7) is 0. The minimum atomic E-state index is -0.166. The summed E-state index contributed by atoms with van der Waals surface area (Å²) in [7, 11) is 0. The third-order valence-electron chi connectivity index (χ3n) is 2.88. The number of carbonyl (C=O) groups excluding carboxylic acids is 1. The van der Waals surface area contributed by atoms with Gasteiger partial charge in [0.25, 0.3) is 0 Å². The molecule has 0 aliphatic heterocycles. The molecule has 0 radical (unpaired) electrons. The molecule has 0 aliphatic rings. The van der Waals surface area contributed by atoms with Crippen molar-refractivity contribution in [1.29, 1.82) is 0 Å². The number of hydrogen-bond donors (Lipinski definition) is 1. The predicted octanol–water partition coefficient (Wildman–Crippen LogP) is 3.56. The van der Waals surface area contributed by atoms with Gasteiger partial charge in [-0.25, -0.2) is 10.4 Å². The first kappa shape index (κ1) is 14.6. The van der Waals surface area contributed by atoms with Crippen molar-refractivity contribution in [3.8, 4) is 11.3 Å². The Morgan fingerprint density at radius 1 is 1.23 bits per heavy atom. The summed E-state index contributed by atoms with van der Waals surface area (Å²) in [4.78, 5) is 16.3. The molecule has 3 aromatic rings. The third-order valence-corrected chi connectivity index (χ3v) is 4.43. The molecule has 0 saturated carbocycles. The van der Waals surface area contributed by atoms with Crippen LogP contribution in [0, 0.1) is 0 Å². The molecule has 1 N–H and O–H groups in total. The quantitative estimate of drug-likeness (QED) is 0.575. The maximum Gasteiger partial charge on any atom is 0.246 e. The zero-order valence-corrected chi connectivity index (χ0v) is 13.2. The van der Waals surface area contributed by atoms with Gasteiger partial charge in [0.05, 0.1) is 18.3 Å². The van der Waals surface area contributed by atoms with Crippen molar-refractivity contribution >= 4 is 34.8 Å². The zero-order chi connectivity index (χ0) is 15.2. The number of thiazole rings is 1. The van der Waals surface area contributed by atoms with Crippen molar-refractivity contribution in [3.05, 3.63) is 63.1 Å². The van der Waals surface area contributed by atoms with Crippen molar-refractivity contribution in [3.63, 3.8) is 0 Å². The van der Waals surface area contributed by atoms with Crippen LogP contribution in [0.25, 0.3) is 11.3 Å². The monoisotopic (exact) mass is 327 g/mol. The average Bonchev–Trinajstić information content (AvgIpc) is 3.20. The van der Waals surface area contributed by atoms with Gasteiger partial charge in [0.2, 0.25) is 5.91 Å². The van der Waals surface area contributed by atoms with Gasteiger partial charge in [0.15, 0.2) is 0 Å². The van der Waals surface area contributed by atoms with Gasteiger partial charge < -0.3 is 0 Å². The van der Waals surface area contributed by atoms with E-state index in [-0.39, 0.29) is 12.3 Å². The minimum absolute atomic E-state index is 0.166. The summed E-state index contributed by atoms with van der Waals surface area (Å²) in [6.07, 6.45) is 1.87. The molecular weight excluding hydrogens is 314 g/mol. The smallest absolute Gasteiger partial charge is 0.246 e. The number of benzene rings is 1. The number of hydrazone groups is 1. The fraction of sp³-hybridized carbons (Fsp3) is 0.0625. The minimum Gasteiger partial charge on any atom is -0.273 e. The lowest BCUT2D eigenvalue weighted by atomic mass is 10.2. The highest BCUT2D eigenvalue weighted by atomic mass is 32.1. The van der Waals surface area contributed by atoms with Gasteiger partial charge in [0, 0.05) is 16.5 Å². The third kappa shape index (κ3) is 3.87.